The highest BCUT2D eigenvalue weighted by Gasteiger charge is 2.25. The highest BCUT2D eigenvalue weighted by molar-refractivity contribution is 5.98. The van der Waals surface area contributed by atoms with E-state index in [1.54, 1.807) is 25.4 Å². The third-order valence-electron chi connectivity index (χ3n) is 2.46. The summed E-state index contributed by atoms with van der Waals surface area (Å²) in [5.74, 6) is 0.0970. The molecule has 0 aliphatic heterocycles. The molecule has 0 spiro atoms. The van der Waals surface area contributed by atoms with Gasteiger partial charge in [-0.3, -0.25) is 4.79 Å². The van der Waals surface area contributed by atoms with E-state index in [4.69, 9.17) is 0 Å². The van der Waals surface area contributed by atoms with Gasteiger partial charge < -0.3 is 10.6 Å². The van der Waals surface area contributed by atoms with Crippen molar-refractivity contribution in [1.29, 1.82) is 0 Å². The fourth-order valence-corrected chi connectivity index (χ4v) is 1.54. The molecule has 1 aromatic heterocycles. The minimum Gasteiger partial charge on any atom is -0.372 e. The van der Waals surface area contributed by atoms with Gasteiger partial charge in [0.2, 0.25) is 0 Å². The number of amides is 1. The van der Waals surface area contributed by atoms with Crippen molar-refractivity contribution >= 4 is 11.7 Å². The summed E-state index contributed by atoms with van der Waals surface area (Å²) >= 11 is 0. The summed E-state index contributed by atoms with van der Waals surface area (Å²) in [5, 5.41) is 5.35. The molecule has 1 amide bonds. The molecule has 19 heavy (non-hydrogen) atoms. The molecule has 7 heteroatoms. The van der Waals surface area contributed by atoms with Gasteiger partial charge >= 0.3 is 6.18 Å². The Kier molecular flexibility index (Phi) is 5.59. The van der Waals surface area contributed by atoms with Crippen LogP contribution in [0.3, 0.4) is 0 Å². The number of hydrogen-bond donors (Lipinski definition) is 2. The van der Waals surface area contributed by atoms with E-state index < -0.39 is 12.6 Å². The molecular weight excluding hydrogens is 259 g/mol. The Morgan fingerprint density at radius 1 is 1.37 bits per heavy atom. The molecular formula is C12H16F3N3O. The average Bonchev–Trinajstić information content (AvgIpc) is 2.36. The molecule has 0 atom stereocenters. The van der Waals surface area contributed by atoms with E-state index in [1.165, 1.54) is 0 Å². The molecule has 106 valence electrons. The van der Waals surface area contributed by atoms with Gasteiger partial charge in [0.15, 0.2) is 0 Å². The number of anilines is 1. The zero-order chi connectivity index (χ0) is 14.3. The van der Waals surface area contributed by atoms with Crippen LogP contribution in [-0.2, 0) is 0 Å². The first-order chi connectivity index (χ1) is 8.94. The van der Waals surface area contributed by atoms with E-state index >= 15 is 0 Å². The minimum atomic E-state index is -4.13. The lowest BCUT2D eigenvalue weighted by Crippen LogP contribution is -2.25. The van der Waals surface area contributed by atoms with E-state index in [0.717, 1.165) is 0 Å². The number of halogens is 3. The smallest absolute Gasteiger partial charge is 0.372 e. The van der Waals surface area contributed by atoms with Crippen LogP contribution in [0, 0.1) is 0 Å². The molecule has 0 aliphatic carbocycles. The fraction of sp³-hybridized carbons (Fsp3) is 0.500. The van der Waals surface area contributed by atoms with Crippen LogP contribution in [0.2, 0.25) is 0 Å². The molecule has 0 unspecified atom stereocenters. The van der Waals surface area contributed by atoms with Crippen LogP contribution in [0.4, 0.5) is 19.0 Å². The second-order valence-electron chi connectivity index (χ2n) is 3.98. The predicted octanol–water partition coefficient (Wildman–Crippen LogP) is 2.59. The number of nitrogens with one attached hydrogen (secondary N) is 2. The second-order valence-corrected chi connectivity index (χ2v) is 3.98. The Morgan fingerprint density at radius 3 is 2.74 bits per heavy atom. The number of alkyl halides is 3. The number of nitrogens with zero attached hydrogens (tertiary/aromatic N) is 1. The third kappa shape index (κ3) is 5.58. The van der Waals surface area contributed by atoms with Gasteiger partial charge in [-0.1, -0.05) is 0 Å². The van der Waals surface area contributed by atoms with Crippen molar-refractivity contribution in [2.75, 3.05) is 18.9 Å². The molecule has 1 rings (SSSR count). The molecule has 0 saturated carbocycles. The lowest BCUT2D eigenvalue weighted by molar-refractivity contribution is -0.135. The molecule has 1 heterocycles. The molecule has 0 fully saturated rings. The Balaban J connectivity index is 2.35. The van der Waals surface area contributed by atoms with Gasteiger partial charge in [0.05, 0.1) is 5.56 Å². The van der Waals surface area contributed by atoms with Gasteiger partial charge in [-0.15, -0.1) is 0 Å². The Labute approximate surface area is 109 Å². The summed E-state index contributed by atoms with van der Waals surface area (Å²) in [5.41, 5.74) is 0.376. The maximum Gasteiger partial charge on any atom is 0.389 e. The van der Waals surface area contributed by atoms with Gasteiger partial charge in [0.25, 0.3) is 5.91 Å². The van der Waals surface area contributed by atoms with Crippen LogP contribution in [0.15, 0.2) is 18.3 Å². The van der Waals surface area contributed by atoms with Crippen molar-refractivity contribution in [2.24, 2.45) is 0 Å². The summed E-state index contributed by atoms with van der Waals surface area (Å²) in [7, 11) is 1.64. The van der Waals surface area contributed by atoms with Crippen LogP contribution >= 0.6 is 0 Å². The zero-order valence-electron chi connectivity index (χ0n) is 10.5. The standard InChI is InChI=1S/C12H16F3N3O/c1-16-10-9(5-4-8-17-10)11(19)18-7-3-2-6-12(13,14)15/h4-5,8H,2-3,6-7H2,1H3,(H,16,17)(H,18,19). The quantitative estimate of drug-likeness (QED) is 0.785. The Bertz CT molecular complexity index is 421. The molecule has 0 aliphatic rings. The van der Waals surface area contributed by atoms with E-state index in [-0.39, 0.29) is 18.9 Å². The second kappa shape index (κ2) is 6.96. The van der Waals surface area contributed by atoms with Crippen molar-refractivity contribution in [3.8, 4) is 0 Å². The molecule has 0 radical (unpaired) electrons. The highest BCUT2D eigenvalue weighted by atomic mass is 19.4. The van der Waals surface area contributed by atoms with Crippen LogP contribution in [0.25, 0.3) is 0 Å². The first-order valence-corrected chi connectivity index (χ1v) is 5.92. The number of pyridine rings is 1. The van der Waals surface area contributed by atoms with Crippen LogP contribution in [0.1, 0.15) is 29.6 Å². The fourth-order valence-electron chi connectivity index (χ4n) is 1.54. The molecule has 0 aromatic carbocycles. The normalized spacial score (nSPS) is 11.2. The van der Waals surface area contributed by atoms with Crippen LogP contribution < -0.4 is 10.6 Å². The van der Waals surface area contributed by atoms with Crippen LogP contribution in [0.5, 0.6) is 0 Å². The van der Waals surface area contributed by atoms with Gasteiger partial charge in [0.1, 0.15) is 5.82 Å². The van der Waals surface area contributed by atoms with E-state index in [0.29, 0.717) is 17.8 Å². The number of aromatic nitrogens is 1. The van der Waals surface area contributed by atoms with Crippen molar-refractivity contribution < 1.29 is 18.0 Å². The topological polar surface area (TPSA) is 54.0 Å². The largest absolute Gasteiger partial charge is 0.389 e. The molecule has 1 aromatic rings. The third-order valence-corrected chi connectivity index (χ3v) is 2.46. The average molecular weight is 275 g/mol. The van der Waals surface area contributed by atoms with Crippen molar-refractivity contribution in [3.05, 3.63) is 23.9 Å². The summed E-state index contributed by atoms with van der Waals surface area (Å²) in [4.78, 5) is 15.7. The van der Waals surface area contributed by atoms with Gasteiger partial charge in [-0.2, -0.15) is 13.2 Å². The molecule has 0 bridgehead atoms. The maximum atomic E-state index is 11.9. The van der Waals surface area contributed by atoms with Crippen molar-refractivity contribution in [2.45, 2.75) is 25.4 Å². The van der Waals surface area contributed by atoms with E-state index in [1.807, 2.05) is 0 Å². The first kappa shape index (κ1) is 15.3. The lowest BCUT2D eigenvalue weighted by atomic mass is 10.2. The molecule has 0 saturated heterocycles. The predicted molar refractivity (Wildman–Crippen MR) is 66.0 cm³/mol. The molecule has 2 N–H and O–H groups in total. The first-order valence-electron chi connectivity index (χ1n) is 5.92. The lowest BCUT2D eigenvalue weighted by Gasteiger charge is -2.09. The van der Waals surface area contributed by atoms with Gasteiger partial charge in [0, 0.05) is 26.2 Å². The summed E-state index contributed by atoms with van der Waals surface area (Å²) in [6, 6.07) is 3.23. The highest BCUT2D eigenvalue weighted by Crippen LogP contribution is 2.21. The SMILES string of the molecule is CNc1ncccc1C(=O)NCCCCC(F)(F)F. The van der Waals surface area contributed by atoms with E-state index in [2.05, 4.69) is 15.6 Å². The number of carbonyl (C=O) groups is 1. The van der Waals surface area contributed by atoms with E-state index in [9.17, 15) is 18.0 Å². The van der Waals surface area contributed by atoms with Crippen molar-refractivity contribution in [1.82, 2.24) is 10.3 Å². The Morgan fingerprint density at radius 2 is 2.11 bits per heavy atom. The van der Waals surface area contributed by atoms with Gasteiger partial charge in [-0.05, 0) is 25.0 Å². The van der Waals surface area contributed by atoms with Crippen LogP contribution in [-0.4, -0.2) is 30.7 Å². The Hall–Kier alpha value is -1.79. The monoisotopic (exact) mass is 275 g/mol. The molecule has 4 nitrogen and oxygen atoms in total. The summed E-state index contributed by atoms with van der Waals surface area (Å²) in [6.07, 6.45) is -3.10. The van der Waals surface area contributed by atoms with Crippen molar-refractivity contribution in [3.63, 3.8) is 0 Å². The number of unbranched alkanes of at least 4 members (excludes halogenated alkanes) is 1. The maximum absolute atomic E-state index is 11.9. The minimum absolute atomic E-state index is 0.00963. The number of rotatable bonds is 6. The zero-order valence-corrected chi connectivity index (χ0v) is 10.5. The van der Waals surface area contributed by atoms with Gasteiger partial charge in [-0.25, -0.2) is 4.98 Å². The summed E-state index contributed by atoms with van der Waals surface area (Å²) < 4.78 is 35.7. The number of carbonyl (C=O) groups excluding carboxylic acids is 1. The number of hydrogen-bond acceptors (Lipinski definition) is 3. The summed E-state index contributed by atoms with van der Waals surface area (Å²) in [6.45, 7) is 0.215.